The van der Waals surface area contributed by atoms with Crippen molar-refractivity contribution in [3.63, 3.8) is 0 Å². The lowest BCUT2D eigenvalue weighted by Crippen LogP contribution is -2.05. The van der Waals surface area contributed by atoms with Crippen LogP contribution in [0.5, 0.6) is 0 Å². The van der Waals surface area contributed by atoms with Gasteiger partial charge in [0, 0.05) is 17.6 Å². The second kappa shape index (κ2) is 4.70. The zero-order chi connectivity index (χ0) is 11.4. The van der Waals surface area contributed by atoms with Crippen LogP contribution in [-0.2, 0) is 6.54 Å². The molecule has 82 valence electrons. The molecule has 0 saturated carbocycles. The number of hydrogen-bond donors (Lipinski definition) is 1. The summed E-state index contributed by atoms with van der Waals surface area (Å²) in [5.41, 5.74) is 2.96. The maximum atomic E-state index is 4.39. The molecule has 0 aliphatic heterocycles. The number of pyridine rings is 1. The quantitative estimate of drug-likeness (QED) is 0.850. The van der Waals surface area contributed by atoms with Gasteiger partial charge in [-0.25, -0.2) is 9.97 Å². The van der Waals surface area contributed by atoms with E-state index in [0.29, 0.717) is 12.5 Å². The maximum Gasteiger partial charge on any atom is 0.223 e. The van der Waals surface area contributed by atoms with E-state index in [9.17, 15) is 0 Å². The summed E-state index contributed by atoms with van der Waals surface area (Å²) < 4.78 is 0. The van der Waals surface area contributed by atoms with Crippen molar-refractivity contribution in [2.24, 2.45) is 0 Å². The highest BCUT2D eigenvalue weighted by Crippen LogP contribution is 2.03. The smallest absolute Gasteiger partial charge is 0.223 e. The number of aromatic nitrogens is 3. The fraction of sp³-hybridized carbons (Fsp3) is 0.250. The zero-order valence-corrected chi connectivity index (χ0v) is 9.44. The van der Waals surface area contributed by atoms with Crippen molar-refractivity contribution >= 4 is 5.95 Å². The lowest BCUT2D eigenvalue weighted by atomic mass is 10.3. The number of hydrogen-bond acceptors (Lipinski definition) is 4. The summed E-state index contributed by atoms with van der Waals surface area (Å²) in [5, 5.41) is 3.14. The summed E-state index contributed by atoms with van der Waals surface area (Å²) in [6.45, 7) is 4.57. The Labute approximate surface area is 94.8 Å². The highest BCUT2D eigenvalue weighted by molar-refractivity contribution is 5.26. The predicted molar refractivity (Wildman–Crippen MR) is 63.1 cm³/mol. The van der Waals surface area contributed by atoms with Crippen molar-refractivity contribution < 1.29 is 0 Å². The Morgan fingerprint density at radius 1 is 1.06 bits per heavy atom. The number of rotatable bonds is 3. The molecule has 0 aliphatic carbocycles. The number of aryl methyl sites for hydroxylation is 2. The van der Waals surface area contributed by atoms with Crippen LogP contribution in [0.4, 0.5) is 5.95 Å². The molecule has 4 heteroatoms. The molecule has 0 unspecified atom stereocenters. The molecule has 0 spiro atoms. The second-order valence-electron chi connectivity index (χ2n) is 3.65. The van der Waals surface area contributed by atoms with Crippen molar-refractivity contribution in [3.05, 3.63) is 47.5 Å². The van der Waals surface area contributed by atoms with Gasteiger partial charge in [-0.3, -0.25) is 4.98 Å². The van der Waals surface area contributed by atoms with E-state index in [1.54, 1.807) is 6.20 Å². The van der Waals surface area contributed by atoms with Gasteiger partial charge in [0.15, 0.2) is 0 Å². The first-order chi connectivity index (χ1) is 7.74. The van der Waals surface area contributed by atoms with Gasteiger partial charge >= 0.3 is 0 Å². The standard InChI is InChI=1S/C12H14N4/c1-9-4-3-5-11(15-9)8-14-12-13-7-6-10(2)16-12/h3-7H,8H2,1-2H3,(H,13,14,16). The van der Waals surface area contributed by atoms with Gasteiger partial charge in [0.25, 0.3) is 0 Å². The van der Waals surface area contributed by atoms with Gasteiger partial charge in [0.05, 0.1) is 12.2 Å². The van der Waals surface area contributed by atoms with Crippen LogP contribution in [0.3, 0.4) is 0 Å². The fourth-order valence-corrected chi connectivity index (χ4v) is 1.40. The third-order valence-electron chi connectivity index (χ3n) is 2.17. The second-order valence-corrected chi connectivity index (χ2v) is 3.65. The Kier molecular flexibility index (Phi) is 3.10. The highest BCUT2D eigenvalue weighted by Gasteiger charge is 1.97. The summed E-state index contributed by atoms with van der Waals surface area (Å²) in [6, 6.07) is 7.83. The lowest BCUT2D eigenvalue weighted by Gasteiger charge is -2.05. The van der Waals surface area contributed by atoms with Crippen LogP contribution in [0, 0.1) is 13.8 Å². The van der Waals surface area contributed by atoms with Crippen molar-refractivity contribution in [2.75, 3.05) is 5.32 Å². The summed E-state index contributed by atoms with van der Waals surface area (Å²) >= 11 is 0. The molecule has 16 heavy (non-hydrogen) atoms. The molecule has 0 amide bonds. The molecule has 0 aromatic carbocycles. The number of nitrogens with one attached hydrogen (secondary N) is 1. The normalized spacial score (nSPS) is 10.1. The molecule has 0 radical (unpaired) electrons. The van der Waals surface area contributed by atoms with Crippen molar-refractivity contribution in [3.8, 4) is 0 Å². The Morgan fingerprint density at radius 2 is 1.88 bits per heavy atom. The van der Waals surface area contributed by atoms with E-state index < -0.39 is 0 Å². The topological polar surface area (TPSA) is 50.7 Å². The first-order valence-electron chi connectivity index (χ1n) is 5.20. The summed E-state index contributed by atoms with van der Waals surface area (Å²) in [7, 11) is 0. The average molecular weight is 214 g/mol. The molecule has 0 bridgehead atoms. The Hall–Kier alpha value is -1.97. The van der Waals surface area contributed by atoms with Gasteiger partial charge in [-0.2, -0.15) is 0 Å². The van der Waals surface area contributed by atoms with Crippen LogP contribution in [0.2, 0.25) is 0 Å². The van der Waals surface area contributed by atoms with Crippen LogP contribution in [0.25, 0.3) is 0 Å². The summed E-state index contributed by atoms with van der Waals surface area (Å²) in [5.74, 6) is 0.642. The van der Waals surface area contributed by atoms with Gasteiger partial charge < -0.3 is 5.32 Å². The van der Waals surface area contributed by atoms with Crippen LogP contribution < -0.4 is 5.32 Å². The third kappa shape index (κ3) is 2.76. The van der Waals surface area contributed by atoms with Crippen LogP contribution in [-0.4, -0.2) is 15.0 Å². The van der Waals surface area contributed by atoms with Gasteiger partial charge in [0.1, 0.15) is 0 Å². The molecule has 2 aromatic rings. The molecule has 1 N–H and O–H groups in total. The monoisotopic (exact) mass is 214 g/mol. The molecular formula is C12H14N4. The van der Waals surface area contributed by atoms with E-state index >= 15 is 0 Å². The summed E-state index contributed by atoms with van der Waals surface area (Å²) in [4.78, 5) is 12.8. The molecule has 0 saturated heterocycles. The first-order valence-corrected chi connectivity index (χ1v) is 5.20. The zero-order valence-electron chi connectivity index (χ0n) is 9.44. The molecule has 0 fully saturated rings. The van der Waals surface area contributed by atoms with E-state index in [1.165, 1.54) is 0 Å². The minimum Gasteiger partial charge on any atom is -0.349 e. The predicted octanol–water partition coefficient (Wildman–Crippen LogP) is 2.10. The van der Waals surface area contributed by atoms with E-state index in [2.05, 4.69) is 20.3 Å². The largest absolute Gasteiger partial charge is 0.349 e. The molecule has 2 heterocycles. The van der Waals surface area contributed by atoms with Crippen LogP contribution >= 0.6 is 0 Å². The molecule has 2 rings (SSSR count). The Morgan fingerprint density at radius 3 is 2.62 bits per heavy atom. The van der Waals surface area contributed by atoms with E-state index in [1.807, 2.05) is 38.1 Å². The molecule has 0 aliphatic rings. The highest BCUT2D eigenvalue weighted by atomic mass is 15.1. The lowest BCUT2D eigenvalue weighted by molar-refractivity contribution is 0.974. The third-order valence-corrected chi connectivity index (χ3v) is 2.17. The van der Waals surface area contributed by atoms with Gasteiger partial charge in [-0.1, -0.05) is 6.07 Å². The minimum absolute atomic E-state index is 0.642. The van der Waals surface area contributed by atoms with Crippen molar-refractivity contribution in [1.82, 2.24) is 15.0 Å². The molecule has 2 aromatic heterocycles. The molecular weight excluding hydrogens is 200 g/mol. The summed E-state index contributed by atoms with van der Waals surface area (Å²) in [6.07, 6.45) is 1.74. The van der Waals surface area contributed by atoms with Gasteiger partial charge in [-0.05, 0) is 32.0 Å². The molecule has 4 nitrogen and oxygen atoms in total. The van der Waals surface area contributed by atoms with E-state index in [0.717, 1.165) is 17.1 Å². The maximum absolute atomic E-state index is 4.39. The van der Waals surface area contributed by atoms with Crippen molar-refractivity contribution in [2.45, 2.75) is 20.4 Å². The van der Waals surface area contributed by atoms with Crippen molar-refractivity contribution in [1.29, 1.82) is 0 Å². The fourth-order valence-electron chi connectivity index (χ4n) is 1.40. The van der Waals surface area contributed by atoms with Gasteiger partial charge in [-0.15, -0.1) is 0 Å². The SMILES string of the molecule is Cc1cccc(CNc2nccc(C)n2)n1. The van der Waals surface area contributed by atoms with E-state index in [4.69, 9.17) is 0 Å². The molecule has 0 atom stereocenters. The van der Waals surface area contributed by atoms with E-state index in [-0.39, 0.29) is 0 Å². The minimum atomic E-state index is 0.642. The Balaban J connectivity index is 2.02. The van der Waals surface area contributed by atoms with Crippen LogP contribution in [0.1, 0.15) is 17.1 Å². The number of nitrogens with zero attached hydrogens (tertiary/aromatic N) is 3. The van der Waals surface area contributed by atoms with Crippen LogP contribution in [0.15, 0.2) is 30.5 Å². The first kappa shape index (κ1) is 10.5. The average Bonchev–Trinajstić information content (AvgIpc) is 2.27. The van der Waals surface area contributed by atoms with Gasteiger partial charge in [0.2, 0.25) is 5.95 Å². The number of anilines is 1. The Bertz CT molecular complexity index is 436.